The lowest BCUT2D eigenvalue weighted by molar-refractivity contribution is -0.929. The van der Waals surface area contributed by atoms with Crippen LogP contribution in [-0.4, -0.2) is 53.2 Å². The van der Waals surface area contributed by atoms with Crippen molar-refractivity contribution in [1.82, 2.24) is 5.32 Å². The van der Waals surface area contributed by atoms with E-state index in [2.05, 4.69) is 33.0 Å². The van der Waals surface area contributed by atoms with Gasteiger partial charge in [-0.05, 0) is 31.8 Å². The van der Waals surface area contributed by atoms with Crippen LogP contribution in [0.4, 0.5) is 0 Å². The second-order valence-corrected chi connectivity index (χ2v) is 8.52. The minimum absolute atomic E-state index is 0.442. The highest BCUT2D eigenvalue weighted by molar-refractivity contribution is 6.11. The van der Waals surface area contributed by atoms with Crippen LogP contribution in [0.5, 0.6) is 0 Å². The van der Waals surface area contributed by atoms with Gasteiger partial charge in [-0.25, -0.2) is 0 Å². The summed E-state index contributed by atoms with van der Waals surface area (Å²) in [6.07, 6.45) is 17.1. The van der Waals surface area contributed by atoms with Crippen LogP contribution in [0, 0.1) is 5.92 Å². The van der Waals surface area contributed by atoms with E-state index in [1.54, 1.807) is 12.2 Å². The molecule has 2 amide bonds. The van der Waals surface area contributed by atoms with E-state index >= 15 is 0 Å². The third kappa shape index (κ3) is 7.38. The number of hydrogen-bond donors (Lipinski definition) is 2. The topological polar surface area (TPSA) is 66.4 Å². The van der Waals surface area contributed by atoms with E-state index in [-0.39, 0.29) is 0 Å². The molecule has 0 aromatic rings. The molecule has 1 aliphatic heterocycles. The van der Waals surface area contributed by atoms with Crippen molar-refractivity contribution in [3.8, 4) is 0 Å². The van der Waals surface area contributed by atoms with Gasteiger partial charge in [0.1, 0.15) is 0 Å². The fourth-order valence-electron chi connectivity index (χ4n) is 4.07. The summed E-state index contributed by atoms with van der Waals surface area (Å²) in [5.74, 6) is -1.84. The Hall–Kier alpha value is -1.46. The second-order valence-electron chi connectivity index (χ2n) is 8.52. The van der Waals surface area contributed by atoms with Gasteiger partial charge in [-0.1, -0.05) is 71.6 Å². The third-order valence-corrected chi connectivity index (χ3v) is 6.07. The first-order chi connectivity index (χ1) is 13.9. The quantitative estimate of drug-likeness (QED) is 0.378. The molecule has 5 nitrogen and oxygen atoms in total. The van der Waals surface area contributed by atoms with Crippen LogP contribution in [0.25, 0.3) is 0 Å². The molecule has 166 valence electrons. The SMILES string of the molecule is CCCC[N+](CCCC)(CCCC)CCCC.O=C1NC(=O)C2(O)C=CC=CC12. The molecule has 0 saturated carbocycles. The molecule has 1 fully saturated rings. The number of unbranched alkanes of at least 4 members (excludes halogenated alkanes) is 4. The molecule has 0 aromatic carbocycles. The molecule has 0 spiro atoms. The second kappa shape index (κ2) is 13.0. The Morgan fingerprint density at radius 2 is 1.31 bits per heavy atom. The molecule has 1 aliphatic carbocycles. The van der Waals surface area contributed by atoms with E-state index in [0.717, 1.165) is 0 Å². The number of carbonyl (C=O) groups is 2. The van der Waals surface area contributed by atoms with Gasteiger partial charge < -0.3 is 9.59 Å². The molecule has 2 unspecified atom stereocenters. The minimum Gasteiger partial charge on any atom is -0.375 e. The van der Waals surface area contributed by atoms with Crippen molar-refractivity contribution in [2.24, 2.45) is 5.92 Å². The number of quaternary nitrogens is 1. The highest BCUT2D eigenvalue weighted by Gasteiger charge is 2.52. The van der Waals surface area contributed by atoms with Crippen LogP contribution < -0.4 is 5.32 Å². The van der Waals surface area contributed by atoms with Crippen LogP contribution in [-0.2, 0) is 9.59 Å². The first kappa shape index (κ1) is 25.6. The summed E-state index contributed by atoms with van der Waals surface area (Å²) in [6.45, 7) is 15.0. The molecule has 2 rings (SSSR count). The predicted octanol–water partition coefficient (Wildman–Crippen LogP) is 4.12. The average Bonchev–Trinajstić information content (AvgIpc) is 2.96. The van der Waals surface area contributed by atoms with Crippen molar-refractivity contribution in [3.63, 3.8) is 0 Å². The number of hydrogen-bond acceptors (Lipinski definition) is 3. The van der Waals surface area contributed by atoms with Gasteiger partial charge >= 0.3 is 0 Å². The Labute approximate surface area is 177 Å². The molecule has 0 radical (unpaired) electrons. The number of nitrogens with zero attached hydrogens (tertiary/aromatic N) is 1. The smallest absolute Gasteiger partial charge is 0.263 e. The first-order valence-electron chi connectivity index (χ1n) is 11.7. The summed E-state index contributed by atoms with van der Waals surface area (Å²) in [5.41, 5.74) is -1.65. The monoisotopic (exact) mass is 407 g/mol. The highest BCUT2D eigenvalue weighted by atomic mass is 16.3. The van der Waals surface area contributed by atoms with Crippen molar-refractivity contribution < 1.29 is 19.2 Å². The van der Waals surface area contributed by atoms with Crippen molar-refractivity contribution >= 4 is 11.8 Å². The fraction of sp³-hybridized carbons (Fsp3) is 0.750. The molecule has 1 saturated heterocycles. The molecule has 2 aliphatic rings. The number of fused-ring (bicyclic) bond motifs is 1. The Morgan fingerprint density at radius 3 is 1.69 bits per heavy atom. The molecule has 0 aromatic heterocycles. The summed E-state index contributed by atoms with van der Waals surface area (Å²) < 4.78 is 1.42. The Balaban J connectivity index is 0.000000304. The highest BCUT2D eigenvalue weighted by Crippen LogP contribution is 2.29. The lowest BCUT2D eigenvalue weighted by Gasteiger charge is -2.39. The van der Waals surface area contributed by atoms with E-state index < -0.39 is 23.3 Å². The number of allylic oxidation sites excluding steroid dienone is 2. The van der Waals surface area contributed by atoms with Gasteiger partial charge in [-0.15, -0.1) is 0 Å². The van der Waals surface area contributed by atoms with Crippen LogP contribution >= 0.6 is 0 Å². The maximum atomic E-state index is 11.1. The van der Waals surface area contributed by atoms with Crippen molar-refractivity contribution in [2.45, 2.75) is 84.7 Å². The number of amides is 2. The predicted molar refractivity (Wildman–Crippen MR) is 119 cm³/mol. The van der Waals surface area contributed by atoms with Crippen molar-refractivity contribution in [3.05, 3.63) is 24.3 Å². The van der Waals surface area contributed by atoms with Crippen molar-refractivity contribution in [1.29, 1.82) is 0 Å². The number of aliphatic hydroxyl groups is 1. The molecule has 2 N–H and O–H groups in total. The van der Waals surface area contributed by atoms with Crippen LogP contribution in [0.3, 0.4) is 0 Å². The standard InChI is InChI=1S/C16H36N.C8H7NO3/c1-5-9-13-17(14-10-6-2,15-11-7-3)16-12-8-4;10-6-5-3-1-2-4-8(5,12)7(11)9-6/h5-16H2,1-4H3;1-5,12H,(H,9,10,11)/q+1;. The zero-order chi connectivity index (χ0) is 21.8. The lowest BCUT2D eigenvalue weighted by Crippen LogP contribution is -2.50. The van der Waals surface area contributed by atoms with Gasteiger partial charge in [-0.3, -0.25) is 14.9 Å². The Bertz CT molecular complexity index is 533. The maximum Gasteiger partial charge on any atom is 0.263 e. The van der Waals surface area contributed by atoms with Gasteiger partial charge in [-0.2, -0.15) is 0 Å². The van der Waals surface area contributed by atoms with Crippen LogP contribution in [0.2, 0.25) is 0 Å². The minimum atomic E-state index is -1.65. The molecule has 0 bridgehead atoms. The molecule has 29 heavy (non-hydrogen) atoms. The van der Waals surface area contributed by atoms with Crippen molar-refractivity contribution in [2.75, 3.05) is 26.2 Å². The van der Waals surface area contributed by atoms with E-state index in [1.165, 1.54) is 94.2 Å². The molecule has 1 heterocycles. The molecule has 2 atom stereocenters. The largest absolute Gasteiger partial charge is 0.375 e. The number of rotatable bonds is 12. The Kier molecular flexibility index (Phi) is 11.4. The number of carbonyl (C=O) groups excluding carboxylic acids is 2. The van der Waals surface area contributed by atoms with Crippen LogP contribution in [0.15, 0.2) is 24.3 Å². The summed E-state index contributed by atoms with van der Waals surface area (Å²) in [5, 5.41) is 11.7. The molecular weight excluding hydrogens is 364 g/mol. The fourth-order valence-corrected chi connectivity index (χ4v) is 4.07. The van der Waals surface area contributed by atoms with Gasteiger partial charge in [0.15, 0.2) is 5.60 Å². The lowest BCUT2D eigenvalue weighted by atomic mass is 9.86. The summed E-state index contributed by atoms with van der Waals surface area (Å²) in [7, 11) is 0. The van der Waals surface area contributed by atoms with Crippen LogP contribution in [0.1, 0.15) is 79.1 Å². The summed E-state index contributed by atoms with van der Waals surface area (Å²) in [4.78, 5) is 22.1. The third-order valence-electron chi connectivity index (χ3n) is 6.07. The normalized spacial score (nSPS) is 22.9. The molecular formula is C24H43N2O3+. The maximum absolute atomic E-state index is 11.1. The summed E-state index contributed by atoms with van der Waals surface area (Å²) >= 11 is 0. The zero-order valence-electron chi connectivity index (χ0n) is 19.1. The van der Waals surface area contributed by atoms with E-state index in [9.17, 15) is 14.7 Å². The van der Waals surface area contributed by atoms with Gasteiger partial charge in [0.2, 0.25) is 5.91 Å². The number of nitrogens with one attached hydrogen (secondary N) is 1. The van der Waals surface area contributed by atoms with Gasteiger partial charge in [0.25, 0.3) is 5.91 Å². The van der Waals surface area contributed by atoms with E-state index in [4.69, 9.17) is 0 Å². The van der Waals surface area contributed by atoms with E-state index in [0.29, 0.717) is 0 Å². The van der Waals surface area contributed by atoms with E-state index in [1.807, 2.05) is 0 Å². The number of imide groups is 1. The average molecular weight is 408 g/mol. The molecule has 5 heteroatoms. The Morgan fingerprint density at radius 1 is 0.862 bits per heavy atom. The van der Waals surface area contributed by atoms with Gasteiger partial charge in [0.05, 0.1) is 32.1 Å². The van der Waals surface area contributed by atoms with Gasteiger partial charge in [0, 0.05) is 0 Å². The zero-order valence-corrected chi connectivity index (χ0v) is 19.1. The summed E-state index contributed by atoms with van der Waals surface area (Å²) in [6, 6.07) is 0. The first-order valence-corrected chi connectivity index (χ1v) is 11.7.